The van der Waals surface area contributed by atoms with Crippen molar-refractivity contribution in [2.75, 3.05) is 33.7 Å². The average Bonchev–Trinajstić information content (AvgIpc) is 2.37. The topological polar surface area (TPSA) is 72.9 Å². The highest BCUT2D eigenvalue weighted by Gasteiger charge is 2.24. The lowest BCUT2D eigenvalue weighted by atomic mass is 9.96. The van der Waals surface area contributed by atoms with Crippen molar-refractivity contribution in [3.05, 3.63) is 0 Å². The van der Waals surface area contributed by atoms with Crippen LogP contribution in [-0.2, 0) is 4.79 Å². The van der Waals surface area contributed by atoms with E-state index in [4.69, 9.17) is 5.11 Å². The molecule has 1 atom stereocenters. The van der Waals surface area contributed by atoms with Crippen LogP contribution in [0, 0.1) is 5.92 Å². The van der Waals surface area contributed by atoms with E-state index in [-0.39, 0.29) is 18.5 Å². The Balaban J connectivity index is 2.36. The molecule has 6 nitrogen and oxygen atoms in total. The van der Waals surface area contributed by atoms with Crippen molar-refractivity contribution < 1.29 is 14.7 Å². The van der Waals surface area contributed by atoms with Gasteiger partial charge in [0.25, 0.3) is 0 Å². The molecule has 1 fully saturated rings. The minimum absolute atomic E-state index is 0.0145. The van der Waals surface area contributed by atoms with Gasteiger partial charge in [0.1, 0.15) is 0 Å². The number of carboxylic acids is 1. The van der Waals surface area contributed by atoms with Gasteiger partial charge in [-0.3, -0.25) is 4.79 Å². The SMILES string of the molecule is CCC(CC(=O)O)NC(=O)N1CCC(CN(C)C)CC1. The van der Waals surface area contributed by atoms with Gasteiger partial charge in [-0.05, 0) is 39.3 Å². The molecular formula is C14H27N3O3. The number of hydrogen-bond donors (Lipinski definition) is 2. The van der Waals surface area contributed by atoms with Gasteiger partial charge in [-0.15, -0.1) is 0 Å². The zero-order valence-electron chi connectivity index (χ0n) is 12.8. The number of hydrogen-bond acceptors (Lipinski definition) is 3. The molecule has 20 heavy (non-hydrogen) atoms. The third-order valence-corrected chi connectivity index (χ3v) is 3.77. The van der Waals surface area contributed by atoms with Crippen LogP contribution in [0.15, 0.2) is 0 Å². The fraction of sp³-hybridized carbons (Fsp3) is 0.857. The van der Waals surface area contributed by atoms with Gasteiger partial charge in [-0.2, -0.15) is 0 Å². The molecule has 1 rings (SSSR count). The lowest BCUT2D eigenvalue weighted by molar-refractivity contribution is -0.137. The van der Waals surface area contributed by atoms with Crippen LogP contribution in [0.5, 0.6) is 0 Å². The van der Waals surface area contributed by atoms with Crippen LogP contribution in [0.1, 0.15) is 32.6 Å². The molecule has 1 saturated heterocycles. The van der Waals surface area contributed by atoms with Gasteiger partial charge >= 0.3 is 12.0 Å². The lowest BCUT2D eigenvalue weighted by Gasteiger charge is -2.34. The van der Waals surface area contributed by atoms with Crippen LogP contribution in [0.25, 0.3) is 0 Å². The summed E-state index contributed by atoms with van der Waals surface area (Å²) in [5.41, 5.74) is 0. The zero-order chi connectivity index (χ0) is 15.1. The van der Waals surface area contributed by atoms with E-state index in [1.165, 1.54) is 0 Å². The fourth-order valence-electron chi connectivity index (χ4n) is 2.61. The number of nitrogens with zero attached hydrogens (tertiary/aromatic N) is 2. The van der Waals surface area contributed by atoms with E-state index in [1.54, 1.807) is 4.90 Å². The number of carboxylic acid groups (broad SMARTS) is 1. The molecule has 0 aliphatic carbocycles. The van der Waals surface area contributed by atoms with Gasteiger partial charge < -0.3 is 20.2 Å². The molecule has 0 aromatic carbocycles. The molecule has 6 heteroatoms. The molecule has 0 saturated carbocycles. The van der Waals surface area contributed by atoms with E-state index >= 15 is 0 Å². The number of carbonyl (C=O) groups excluding carboxylic acids is 1. The minimum atomic E-state index is -0.873. The van der Waals surface area contributed by atoms with E-state index in [0.29, 0.717) is 12.3 Å². The first-order valence-corrected chi connectivity index (χ1v) is 7.34. The minimum Gasteiger partial charge on any atom is -0.481 e. The Kier molecular flexibility index (Phi) is 6.78. The smallest absolute Gasteiger partial charge is 0.317 e. The van der Waals surface area contributed by atoms with Crippen LogP contribution in [-0.4, -0.2) is 66.7 Å². The van der Waals surface area contributed by atoms with Crippen LogP contribution >= 0.6 is 0 Å². The highest BCUT2D eigenvalue weighted by Crippen LogP contribution is 2.17. The first-order chi connectivity index (χ1) is 9.42. The first-order valence-electron chi connectivity index (χ1n) is 7.34. The predicted molar refractivity (Wildman–Crippen MR) is 77.7 cm³/mol. The van der Waals surface area contributed by atoms with Crippen molar-refractivity contribution >= 4 is 12.0 Å². The summed E-state index contributed by atoms with van der Waals surface area (Å²) < 4.78 is 0. The highest BCUT2D eigenvalue weighted by molar-refractivity contribution is 5.76. The molecule has 2 amide bonds. The maximum atomic E-state index is 12.1. The quantitative estimate of drug-likeness (QED) is 0.769. The summed E-state index contributed by atoms with van der Waals surface area (Å²) in [4.78, 5) is 26.8. The second kappa shape index (κ2) is 8.09. The summed E-state index contributed by atoms with van der Waals surface area (Å²) in [6.07, 6.45) is 2.65. The summed E-state index contributed by atoms with van der Waals surface area (Å²) in [5, 5.41) is 11.6. The summed E-state index contributed by atoms with van der Waals surface area (Å²) in [6.45, 7) is 4.46. The van der Waals surface area contributed by atoms with Gasteiger partial charge in [0.05, 0.1) is 6.42 Å². The van der Waals surface area contributed by atoms with Crippen molar-refractivity contribution in [2.24, 2.45) is 5.92 Å². The van der Waals surface area contributed by atoms with Crippen LogP contribution in [0.2, 0.25) is 0 Å². The number of nitrogens with one attached hydrogen (secondary N) is 1. The largest absolute Gasteiger partial charge is 0.481 e. The maximum absolute atomic E-state index is 12.1. The monoisotopic (exact) mass is 285 g/mol. The number of rotatable bonds is 6. The van der Waals surface area contributed by atoms with Gasteiger partial charge in [0.2, 0.25) is 0 Å². The molecule has 0 bridgehead atoms. The molecule has 0 aromatic heterocycles. The number of amides is 2. The fourth-order valence-corrected chi connectivity index (χ4v) is 2.61. The second-order valence-electron chi connectivity index (χ2n) is 5.85. The van der Waals surface area contributed by atoms with Crippen molar-refractivity contribution in [3.63, 3.8) is 0 Å². The standard InChI is InChI=1S/C14H27N3O3/c1-4-12(9-13(18)19)15-14(20)17-7-5-11(6-8-17)10-16(2)3/h11-12H,4-10H2,1-3H3,(H,15,20)(H,18,19). The number of carbonyl (C=O) groups is 2. The van der Waals surface area contributed by atoms with E-state index in [9.17, 15) is 9.59 Å². The Hall–Kier alpha value is -1.30. The van der Waals surface area contributed by atoms with Crippen molar-refractivity contribution in [1.29, 1.82) is 0 Å². The molecule has 0 radical (unpaired) electrons. The summed E-state index contributed by atoms with van der Waals surface area (Å²) in [6, 6.07) is -0.402. The molecule has 116 valence electrons. The molecule has 0 spiro atoms. The molecule has 1 aliphatic heterocycles. The number of piperidine rings is 1. The number of aliphatic carboxylic acids is 1. The van der Waals surface area contributed by atoms with Crippen LogP contribution < -0.4 is 5.32 Å². The molecule has 2 N–H and O–H groups in total. The Morgan fingerprint density at radius 1 is 1.35 bits per heavy atom. The van der Waals surface area contributed by atoms with Gasteiger partial charge in [-0.1, -0.05) is 6.92 Å². The normalized spacial score (nSPS) is 18.1. The van der Waals surface area contributed by atoms with Gasteiger partial charge in [0.15, 0.2) is 0 Å². The number of urea groups is 1. The molecule has 1 unspecified atom stereocenters. The number of likely N-dealkylation sites (tertiary alicyclic amines) is 1. The summed E-state index contributed by atoms with van der Waals surface area (Å²) in [7, 11) is 4.13. The van der Waals surface area contributed by atoms with E-state index < -0.39 is 5.97 Å². The third kappa shape index (κ3) is 5.77. The Labute approximate surface area is 121 Å². The third-order valence-electron chi connectivity index (χ3n) is 3.77. The van der Waals surface area contributed by atoms with E-state index in [0.717, 1.165) is 32.5 Å². The van der Waals surface area contributed by atoms with E-state index in [1.807, 2.05) is 6.92 Å². The highest BCUT2D eigenvalue weighted by atomic mass is 16.4. The Morgan fingerprint density at radius 2 is 1.95 bits per heavy atom. The van der Waals surface area contributed by atoms with Gasteiger partial charge in [-0.25, -0.2) is 4.79 Å². The lowest BCUT2D eigenvalue weighted by Crippen LogP contribution is -2.48. The molecule has 1 aliphatic rings. The Bertz CT molecular complexity index is 326. The zero-order valence-corrected chi connectivity index (χ0v) is 12.8. The maximum Gasteiger partial charge on any atom is 0.317 e. The van der Waals surface area contributed by atoms with Gasteiger partial charge in [0, 0.05) is 25.7 Å². The van der Waals surface area contributed by atoms with Crippen LogP contribution in [0.4, 0.5) is 4.79 Å². The van der Waals surface area contributed by atoms with Crippen molar-refractivity contribution in [1.82, 2.24) is 15.1 Å². The molecule has 1 heterocycles. The van der Waals surface area contributed by atoms with Crippen molar-refractivity contribution in [3.8, 4) is 0 Å². The summed E-state index contributed by atoms with van der Waals surface area (Å²) >= 11 is 0. The predicted octanol–water partition coefficient (Wildman–Crippen LogP) is 1.22. The molecule has 0 aromatic rings. The summed E-state index contributed by atoms with van der Waals surface area (Å²) in [5.74, 6) is -0.225. The van der Waals surface area contributed by atoms with Crippen molar-refractivity contribution in [2.45, 2.75) is 38.6 Å². The second-order valence-corrected chi connectivity index (χ2v) is 5.85. The van der Waals surface area contributed by atoms with Crippen LogP contribution in [0.3, 0.4) is 0 Å². The molecular weight excluding hydrogens is 258 g/mol. The Morgan fingerprint density at radius 3 is 2.40 bits per heavy atom. The first kappa shape index (κ1) is 16.8. The average molecular weight is 285 g/mol. The van der Waals surface area contributed by atoms with E-state index in [2.05, 4.69) is 24.3 Å².